The Morgan fingerprint density at radius 3 is 2.38 bits per heavy atom. The number of non-ortho nitro benzene ring substituents is 1. The van der Waals surface area contributed by atoms with Gasteiger partial charge in [-0.05, 0) is 57.0 Å². The number of halogens is 1. The molecule has 37 heavy (non-hydrogen) atoms. The Balaban J connectivity index is 2.19. The average molecular weight is 550 g/mol. The van der Waals surface area contributed by atoms with Crippen molar-refractivity contribution < 1.29 is 22.9 Å². The molecule has 1 amide bonds. The van der Waals surface area contributed by atoms with Crippen LogP contribution >= 0.6 is 11.6 Å². The maximum Gasteiger partial charge on any atom is 0.272 e. The van der Waals surface area contributed by atoms with E-state index in [4.69, 9.17) is 16.3 Å². The number of nitrogens with one attached hydrogen (secondary N) is 2. The summed E-state index contributed by atoms with van der Waals surface area (Å²) in [5.41, 5.74) is 0.486. The maximum absolute atomic E-state index is 13.1. The second kappa shape index (κ2) is 11.3. The standard InChI is InChI=1S/C24H28ClN5O6S/c1-14(2)13-26-37(34,35)21-12-19(30(32)33)10-11-20(21)36-24-16(5)22(23(31)27-15(3)4)28-29(24)18-8-6-17(25)7-9-18/h6-12,14-15,26H,13H2,1-5H3,(H,27,31). The summed E-state index contributed by atoms with van der Waals surface area (Å²) in [4.78, 5) is 23.1. The average Bonchev–Trinajstić information content (AvgIpc) is 3.14. The predicted molar refractivity (Wildman–Crippen MR) is 139 cm³/mol. The van der Waals surface area contributed by atoms with E-state index in [9.17, 15) is 23.3 Å². The first-order valence-corrected chi connectivity index (χ1v) is 13.3. The van der Waals surface area contributed by atoms with Crippen LogP contribution in [0.15, 0.2) is 47.4 Å². The fraction of sp³-hybridized carbons (Fsp3) is 0.333. The molecule has 0 unspecified atom stereocenters. The number of hydrogen-bond donors (Lipinski definition) is 2. The molecule has 0 atom stereocenters. The van der Waals surface area contributed by atoms with E-state index in [0.717, 1.165) is 12.1 Å². The van der Waals surface area contributed by atoms with Crippen LogP contribution in [0.2, 0.25) is 5.02 Å². The Hall–Kier alpha value is -3.48. The molecule has 3 aromatic rings. The molecule has 0 aliphatic carbocycles. The molecule has 1 heterocycles. The highest BCUT2D eigenvalue weighted by molar-refractivity contribution is 7.89. The van der Waals surface area contributed by atoms with Crippen molar-refractivity contribution in [2.24, 2.45) is 5.92 Å². The predicted octanol–water partition coefficient (Wildman–Crippen LogP) is 4.61. The minimum atomic E-state index is -4.19. The van der Waals surface area contributed by atoms with Gasteiger partial charge in [0.05, 0.1) is 10.6 Å². The van der Waals surface area contributed by atoms with Crippen LogP contribution in [0.3, 0.4) is 0 Å². The largest absolute Gasteiger partial charge is 0.437 e. The van der Waals surface area contributed by atoms with Gasteiger partial charge in [-0.2, -0.15) is 9.78 Å². The van der Waals surface area contributed by atoms with Crippen LogP contribution in [0, 0.1) is 23.0 Å². The lowest BCUT2D eigenvalue weighted by atomic mass is 10.2. The second-order valence-electron chi connectivity index (χ2n) is 9.03. The molecule has 0 saturated carbocycles. The zero-order valence-corrected chi connectivity index (χ0v) is 22.6. The molecule has 198 valence electrons. The number of nitrogens with zero attached hydrogens (tertiary/aromatic N) is 3. The Labute approximate surface area is 220 Å². The molecular weight excluding hydrogens is 522 g/mol. The van der Waals surface area contributed by atoms with Crippen molar-refractivity contribution in [2.45, 2.75) is 45.6 Å². The third kappa shape index (κ3) is 6.64. The third-order valence-electron chi connectivity index (χ3n) is 5.09. The number of hydrogen-bond acceptors (Lipinski definition) is 7. The lowest BCUT2D eigenvalue weighted by Crippen LogP contribution is -2.30. The van der Waals surface area contributed by atoms with E-state index in [2.05, 4.69) is 15.1 Å². The number of ether oxygens (including phenoxy) is 1. The highest BCUT2D eigenvalue weighted by atomic mass is 35.5. The summed E-state index contributed by atoms with van der Waals surface area (Å²) in [5.74, 6) is -0.560. The molecule has 11 nitrogen and oxygen atoms in total. The fourth-order valence-corrected chi connectivity index (χ4v) is 4.75. The number of amides is 1. The van der Waals surface area contributed by atoms with E-state index < -0.39 is 31.4 Å². The van der Waals surface area contributed by atoms with Gasteiger partial charge in [-0.15, -0.1) is 0 Å². The Morgan fingerprint density at radius 1 is 1.16 bits per heavy atom. The van der Waals surface area contributed by atoms with Crippen LogP contribution in [-0.2, 0) is 10.0 Å². The van der Waals surface area contributed by atoms with Gasteiger partial charge >= 0.3 is 0 Å². The van der Waals surface area contributed by atoms with Gasteiger partial charge in [-0.25, -0.2) is 13.1 Å². The van der Waals surface area contributed by atoms with E-state index in [1.807, 2.05) is 13.8 Å². The van der Waals surface area contributed by atoms with E-state index in [1.165, 1.54) is 10.7 Å². The summed E-state index contributed by atoms with van der Waals surface area (Å²) in [6.07, 6.45) is 0. The normalized spacial score (nSPS) is 11.7. The molecule has 0 fully saturated rings. The quantitative estimate of drug-likeness (QED) is 0.277. The van der Waals surface area contributed by atoms with Crippen LogP contribution in [0.25, 0.3) is 5.69 Å². The number of carbonyl (C=O) groups is 1. The summed E-state index contributed by atoms with van der Waals surface area (Å²) in [6, 6.07) is 9.69. The molecule has 2 N–H and O–H groups in total. The Bertz CT molecular complexity index is 1420. The Morgan fingerprint density at radius 2 is 1.81 bits per heavy atom. The smallest absolute Gasteiger partial charge is 0.272 e. The lowest BCUT2D eigenvalue weighted by Gasteiger charge is -2.15. The Kier molecular flexibility index (Phi) is 8.57. The monoisotopic (exact) mass is 549 g/mol. The van der Waals surface area contributed by atoms with Crippen LogP contribution in [0.4, 0.5) is 5.69 Å². The number of nitro benzene ring substituents is 1. The summed E-state index contributed by atoms with van der Waals surface area (Å²) in [5, 5.41) is 19.1. The number of benzene rings is 2. The van der Waals surface area contributed by atoms with E-state index in [1.54, 1.807) is 45.0 Å². The van der Waals surface area contributed by atoms with Crippen molar-refractivity contribution in [1.29, 1.82) is 0 Å². The van der Waals surface area contributed by atoms with Crippen LogP contribution in [0.5, 0.6) is 11.6 Å². The number of sulfonamides is 1. The van der Waals surface area contributed by atoms with Crippen molar-refractivity contribution in [3.63, 3.8) is 0 Å². The highest BCUT2D eigenvalue weighted by Crippen LogP contribution is 2.36. The third-order valence-corrected chi connectivity index (χ3v) is 6.79. The first-order chi connectivity index (χ1) is 17.3. The molecule has 0 bridgehead atoms. The van der Waals surface area contributed by atoms with Crippen molar-refractivity contribution in [3.8, 4) is 17.3 Å². The molecule has 13 heteroatoms. The van der Waals surface area contributed by atoms with Crippen molar-refractivity contribution >= 4 is 33.2 Å². The second-order valence-corrected chi connectivity index (χ2v) is 11.2. The van der Waals surface area contributed by atoms with Crippen LogP contribution < -0.4 is 14.8 Å². The SMILES string of the molecule is Cc1c(C(=O)NC(C)C)nn(-c2ccc(Cl)cc2)c1Oc1ccc([N+](=O)[O-])cc1S(=O)(=O)NCC(C)C. The van der Waals surface area contributed by atoms with Gasteiger partial charge in [0.2, 0.25) is 15.9 Å². The summed E-state index contributed by atoms with van der Waals surface area (Å²) in [6.45, 7) is 8.99. The number of nitro groups is 1. The molecule has 0 radical (unpaired) electrons. The number of rotatable bonds is 10. The van der Waals surface area contributed by atoms with Gasteiger partial charge in [0.25, 0.3) is 11.6 Å². The van der Waals surface area contributed by atoms with Gasteiger partial charge in [0.15, 0.2) is 5.69 Å². The summed E-state index contributed by atoms with van der Waals surface area (Å²) < 4.78 is 36.1. The first kappa shape index (κ1) is 28.1. The van der Waals surface area contributed by atoms with Crippen LogP contribution in [0.1, 0.15) is 43.7 Å². The number of carbonyl (C=O) groups excluding carboxylic acids is 1. The van der Waals surface area contributed by atoms with Gasteiger partial charge in [-0.3, -0.25) is 14.9 Å². The zero-order chi connectivity index (χ0) is 27.5. The minimum absolute atomic E-state index is 0.00606. The van der Waals surface area contributed by atoms with Crippen molar-refractivity contribution in [2.75, 3.05) is 6.54 Å². The zero-order valence-electron chi connectivity index (χ0n) is 21.0. The van der Waals surface area contributed by atoms with Crippen molar-refractivity contribution in [1.82, 2.24) is 19.8 Å². The van der Waals surface area contributed by atoms with E-state index in [-0.39, 0.29) is 35.8 Å². The van der Waals surface area contributed by atoms with Gasteiger partial charge < -0.3 is 10.1 Å². The van der Waals surface area contributed by atoms with Gasteiger partial charge in [0, 0.05) is 35.3 Å². The fourth-order valence-electron chi connectivity index (χ4n) is 3.27. The molecule has 0 aliphatic rings. The minimum Gasteiger partial charge on any atom is -0.437 e. The van der Waals surface area contributed by atoms with E-state index >= 15 is 0 Å². The summed E-state index contributed by atoms with van der Waals surface area (Å²) >= 11 is 6.02. The van der Waals surface area contributed by atoms with E-state index in [0.29, 0.717) is 16.3 Å². The van der Waals surface area contributed by atoms with Crippen molar-refractivity contribution in [3.05, 3.63) is 68.9 Å². The van der Waals surface area contributed by atoms with Gasteiger partial charge in [-0.1, -0.05) is 25.4 Å². The molecule has 1 aromatic heterocycles. The summed E-state index contributed by atoms with van der Waals surface area (Å²) in [7, 11) is -4.19. The maximum atomic E-state index is 13.1. The molecule has 0 spiro atoms. The topological polar surface area (TPSA) is 145 Å². The highest BCUT2D eigenvalue weighted by Gasteiger charge is 2.28. The van der Waals surface area contributed by atoms with Crippen LogP contribution in [-0.4, -0.2) is 41.6 Å². The lowest BCUT2D eigenvalue weighted by molar-refractivity contribution is -0.385. The molecular formula is C24H28ClN5O6S. The molecule has 0 saturated heterocycles. The first-order valence-electron chi connectivity index (χ1n) is 11.4. The number of aromatic nitrogens is 2. The van der Waals surface area contributed by atoms with Gasteiger partial charge in [0.1, 0.15) is 10.6 Å². The molecule has 3 rings (SSSR count). The molecule has 0 aliphatic heterocycles. The molecule has 2 aromatic carbocycles.